The molecule has 0 bridgehead atoms. The van der Waals surface area contributed by atoms with Crippen LogP contribution in [-0.4, -0.2) is 10.2 Å². The van der Waals surface area contributed by atoms with Gasteiger partial charge in [-0.25, -0.2) is 14.3 Å². The van der Waals surface area contributed by atoms with Crippen molar-refractivity contribution in [1.82, 2.24) is 10.2 Å². The normalized spacial score (nSPS) is 10.4. The number of aromatic nitrogens is 2. The van der Waals surface area contributed by atoms with Crippen LogP contribution in [0.15, 0.2) is 47.3 Å². The summed E-state index contributed by atoms with van der Waals surface area (Å²) < 4.78 is 20.9. The number of ether oxygens (including phenoxy) is 1. The van der Waals surface area contributed by atoms with Gasteiger partial charge in [-0.1, -0.05) is 30.7 Å². The molecule has 7 heteroatoms. The van der Waals surface area contributed by atoms with E-state index in [0.29, 0.717) is 39.7 Å². The van der Waals surface area contributed by atoms with Gasteiger partial charge < -0.3 is 4.74 Å². The highest BCUT2D eigenvalue weighted by atomic mass is 35.5. The zero-order valence-electron chi connectivity index (χ0n) is 14.4. The van der Waals surface area contributed by atoms with E-state index in [4.69, 9.17) is 22.9 Å². The molecule has 1 N–H and O–H groups in total. The van der Waals surface area contributed by atoms with Crippen LogP contribution in [0, 0.1) is 12.4 Å². The van der Waals surface area contributed by atoms with Crippen molar-refractivity contribution >= 4 is 17.3 Å². The lowest BCUT2D eigenvalue weighted by atomic mass is 10.0. The van der Waals surface area contributed by atoms with Gasteiger partial charge >= 0.3 is 0 Å². The van der Waals surface area contributed by atoms with Gasteiger partial charge in [0.05, 0.1) is 12.3 Å². The fourth-order valence-corrected chi connectivity index (χ4v) is 2.84. The second-order valence-electron chi connectivity index (χ2n) is 5.83. The van der Waals surface area contributed by atoms with Crippen LogP contribution in [0.2, 0.25) is 5.02 Å². The predicted molar refractivity (Wildman–Crippen MR) is 101 cm³/mol. The molecule has 0 unspecified atom stereocenters. The largest absolute Gasteiger partial charge is 0.455 e. The van der Waals surface area contributed by atoms with E-state index >= 15 is 4.39 Å². The molecular weight excluding hydrogens is 369 g/mol. The summed E-state index contributed by atoms with van der Waals surface area (Å²) in [6.45, 7) is 9.01. The molecule has 1 aromatic heterocycles. The van der Waals surface area contributed by atoms with Crippen LogP contribution in [0.5, 0.6) is 11.5 Å². The minimum absolute atomic E-state index is 0.0950. The van der Waals surface area contributed by atoms with Crippen molar-refractivity contribution in [3.63, 3.8) is 0 Å². The molecular formula is C20H15ClFN3O2. The number of benzene rings is 2. The van der Waals surface area contributed by atoms with Crippen molar-refractivity contribution < 1.29 is 9.13 Å². The Morgan fingerprint density at radius 2 is 2.00 bits per heavy atom. The van der Waals surface area contributed by atoms with E-state index in [1.54, 1.807) is 18.2 Å². The van der Waals surface area contributed by atoms with Gasteiger partial charge in [0.25, 0.3) is 5.56 Å². The van der Waals surface area contributed by atoms with E-state index < -0.39 is 5.82 Å². The monoisotopic (exact) mass is 383 g/mol. The van der Waals surface area contributed by atoms with Gasteiger partial charge in [0.1, 0.15) is 5.75 Å². The number of halogens is 2. The van der Waals surface area contributed by atoms with E-state index in [-0.39, 0.29) is 17.7 Å². The molecule has 0 aliphatic heterocycles. The summed E-state index contributed by atoms with van der Waals surface area (Å²) in [6, 6.07) is 10.9. The first-order valence-electron chi connectivity index (χ1n) is 8.21. The van der Waals surface area contributed by atoms with E-state index in [2.05, 4.69) is 15.0 Å². The number of nitrogens with zero attached hydrogens (tertiary/aromatic N) is 2. The Kier molecular flexibility index (Phi) is 5.53. The Morgan fingerprint density at radius 3 is 2.67 bits per heavy atom. The third kappa shape index (κ3) is 4.33. The molecule has 0 aliphatic rings. The van der Waals surface area contributed by atoms with Crippen molar-refractivity contribution in [2.75, 3.05) is 0 Å². The summed E-state index contributed by atoms with van der Waals surface area (Å²) in [5.74, 6) is -0.120. The summed E-state index contributed by atoms with van der Waals surface area (Å²) in [7, 11) is 0. The van der Waals surface area contributed by atoms with Crippen molar-refractivity contribution in [2.45, 2.75) is 19.8 Å². The average Bonchev–Trinajstić information content (AvgIpc) is 2.66. The predicted octanol–water partition coefficient (Wildman–Crippen LogP) is 5.06. The molecule has 0 amide bonds. The maximum Gasteiger partial charge on any atom is 0.264 e. The van der Waals surface area contributed by atoms with Gasteiger partial charge in [-0.2, -0.15) is 5.10 Å². The number of nitrogens with one attached hydrogen (secondary N) is 1. The maximum absolute atomic E-state index is 15.1. The van der Waals surface area contributed by atoms with Crippen LogP contribution in [0.25, 0.3) is 4.85 Å². The number of rotatable bonds is 5. The van der Waals surface area contributed by atoms with Crippen LogP contribution in [0.3, 0.4) is 0 Å². The molecule has 2 aromatic carbocycles. The number of H-pyrrole nitrogens is 1. The minimum Gasteiger partial charge on any atom is -0.455 e. The van der Waals surface area contributed by atoms with E-state index in [1.165, 1.54) is 24.3 Å². The van der Waals surface area contributed by atoms with Crippen LogP contribution >= 0.6 is 11.6 Å². The summed E-state index contributed by atoms with van der Waals surface area (Å²) in [5, 5.41) is 6.58. The van der Waals surface area contributed by atoms with Crippen molar-refractivity contribution in [3.8, 4) is 11.5 Å². The van der Waals surface area contributed by atoms with Gasteiger partial charge in [0, 0.05) is 17.5 Å². The molecule has 3 aromatic rings. The first kappa shape index (κ1) is 18.6. The topological polar surface area (TPSA) is 59.3 Å². The molecule has 1 heterocycles. The van der Waals surface area contributed by atoms with Gasteiger partial charge in [-0.05, 0) is 41.8 Å². The van der Waals surface area contributed by atoms with Gasteiger partial charge in [0.15, 0.2) is 17.3 Å². The first-order chi connectivity index (χ1) is 13.0. The molecule has 0 fully saturated rings. The quantitative estimate of drug-likeness (QED) is 0.626. The van der Waals surface area contributed by atoms with Crippen LogP contribution in [-0.2, 0) is 12.8 Å². The minimum atomic E-state index is -0.508. The summed E-state index contributed by atoms with van der Waals surface area (Å²) in [5.41, 5.74) is 1.59. The SMILES string of the molecule is [C-]#[N+]c1cc(Cl)cc(Oc2c(CC)ccc(Cc3ccc(=O)[nH]n3)c2F)c1. The molecule has 27 heavy (non-hydrogen) atoms. The lowest BCUT2D eigenvalue weighted by Crippen LogP contribution is -2.08. The van der Waals surface area contributed by atoms with E-state index in [0.717, 1.165) is 0 Å². The van der Waals surface area contributed by atoms with Gasteiger partial charge in [0.2, 0.25) is 0 Å². The van der Waals surface area contributed by atoms with Gasteiger partial charge in [-0.3, -0.25) is 4.79 Å². The molecule has 0 radical (unpaired) electrons. The van der Waals surface area contributed by atoms with Crippen LogP contribution < -0.4 is 10.3 Å². The molecule has 0 saturated carbocycles. The van der Waals surface area contributed by atoms with Crippen molar-refractivity contribution in [1.29, 1.82) is 0 Å². The Balaban J connectivity index is 1.98. The molecule has 0 saturated heterocycles. The first-order valence-corrected chi connectivity index (χ1v) is 8.58. The van der Waals surface area contributed by atoms with E-state index in [9.17, 15) is 4.79 Å². The van der Waals surface area contributed by atoms with E-state index in [1.807, 2.05) is 6.92 Å². The molecule has 0 spiro atoms. The van der Waals surface area contributed by atoms with Crippen LogP contribution in [0.4, 0.5) is 10.1 Å². The lowest BCUT2D eigenvalue weighted by Gasteiger charge is -2.14. The third-order valence-electron chi connectivity index (χ3n) is 3.95. The van der Waals surface area contributed by atoms with Gasteiger partial charge in [-0.15, -0.1) is 0 Å². The Morgan fingerprint density at radius 1 is 1.22 bits per heavy atom. The smallest absolute Gasteiger partial charge is 0.264 e. The highest BCUT2D eigenvalue weighted by Gasteiger charge is 2.16. The molecule has 5 nitrogen and oxygen atoms in total. The Labute approximate surface area is 160 Å². The zero-order chi connectivity index (χ0) is 19.4. The number of aryl methyl sites for hydroxylation is 1. The van der Waals surface area contributed by atoms with Crippen molar-refractivity contribution in [3.05, 3.63) is 91.9 Å². The Bertz CT molecular complexity index is 1070. The molecule has 0 atom stereocenters. The third-order valence-corrected chi connectivity index (χ3v) is 4.17. The Hall–Kier alpha value is -3.17. The van der Waals surface area contributed by atoms with Crippen molar-refractivity contribution in [2.24, 2.45) is 0 Å². The maximum atomic E-state index is 15.1. The average molecular weight is 384 g/mol. The second kappa shape index (κ2) is 8.02. The lowest BCUT2D eigenvalue weighted by molar-refractivity contribution is 0.434. The fourth-order valence-electron chi connectivity index (χ4n) is 2.62. The fraction of sp³-hybridized carbons (Fsp3) is 0.150. The zero-order valence-corrected chi connectivity index (χ0v) is 15.2. The molecule has 136 valence electrons. The second-order valence-corrected chi connectivity index (χ2v) is 6.27. The molecule has 0 aliphatic carbocycles. The number of hydrogen-bond acceptors (Lipinski definition) is 3. The van der Waals surface area contributed by atoms with Crippen LogP contribution in [0.1, 0.15) is 23.7 Å². The summed E-state index contributed by atoms with van der Waals surface area (Å²) in [6.07, 6.45) is 0.769. The summed E-state index contributed by atoms with van der Waals surface area (Å²) in [4.78, 5) is 14.5. The number of aromatic amines is 1. The molecule has 3 rings (SSSR count). The number of hydrogen-bond donors (Lipinski definition) is 1. The standard InChI is InChI=1S/C20H15ClFN3O2/c1-3-12-4-5-13(8-15-6-7-18(26)25-24-15)19(22)20(12)27-17-10-14(21)9-16(11-17)23-2/h4-7,9-11H,3,8H2,1H3,(H,25,26). The highest BCUT2D eigenvalue weighted by Crippen LogP contribution is 2.35. The summed E-state index contributed by atoms with van der Waals surface area (Å²) >= 11 is 6.01. The highest BCUT2D eigenvalue weighted by molar-refractivity contribution is 6.31.